The summed E-state index contributed by atoms with van der Waals surface area (Å²) in [5, 5.41) is 4.66. The Hall–Kier alpha value is -1.75. The number of benzene rings is 1. The highest BCUT2D eigenvalue weighted by Gasteiger charge is 2.33. The van der Waals surface area contributed by atoms with E-state index in [2.05, 4.69) is 5.16 Å². The van der Waals surface area contributed by atoms with Crippen LogP contribution in [0.15, 0.2) is 29.4 Å². The van der Waals surface area contributed by atoms with E-state index in [0.29, 0.717) is 24.5 Å². The number of hydrogen-bond acceptors (Lipinski definition) is 4. The van der Waals surface area contributed by atoms with Crippen LogP contribution >= 0.6 is 11.6 Å². The summed E-state index contributed by atoms with van der Waals surface area (Å²) in [4.78, 5) is 19.6. The van der Waals surface area contributed by atoms with E-state index in [0.717, 1.165) is 30.7 Å². The highest BCUT2D eigenvalue weighted by atomic mass is 35.5. The quantitative estimate of drug-likeness (QED) is 0.848. The van der Waals surface area contributed by atoms with Gasteiger partial charge in [0, 0.05) is 37.4 Å². The van der Waals surface area contributed by atoms with Crippen LogP contribution in [0.3, 0.4) is 0 Å². The summed E-state index contributed by atoms with van der Waals surface area (Å²) in [6.07, 6.45) is 2.80. The van der Waals surface area contributed by atoms with Crippen LogP contribution in [0.1, 0.15) is 32.6 Å². The molecule has 0 aliphatic carbocycles. The summed E-state index contributed by atoms with van der Waals surface area (Å²) < 4.78 is 5.95. The van der Waals surface area contributed by atoms with Crippen molar-refractivity contribution < 1.29 is 14.4 Å². The lowest BCUT2D eigenvalue weighted by Gasteiger charge is -2.33. The van der Waals surface area contributed by atoms with Crippen molar-refractivity contribution >= 4 is 23.2 Å². The van der Waals surface area contributed by atoms with Crippen LogP contribution in [0.4, 0.5) is 0 Å². The molecule has 1 amide bonds. The zero-order valence-corrected chi connectivity index (χ0v) is 14.0. The molecule has 5 nitrogen and oxygen atoms in total. The maximum Gasteiger partial charge on any atom is 0.266 e. The fourth-order valence-corrected chi connectivity index (χ4v) is 3.00. The predicted octanol–water partition coefficient (Wildman–Crippen LogP) is 3.26. The van der Waals surface area contributed by atoms with Gasteiger partial charge in [-0.3, -0.25) is 4.79 Å². The van der Waals surface area contributed by atoms with E-state index in [1.807, 2.05) is 36.1 Å². The molecule has 2 aliphatic heterocycles. The maximum absolute atomic E-state index is 12.4. The van der Waals surface area contributed by atoms with Crippen molar-refractivity contribution in [2.75, 3.05) is 13.1 Å². The van der Waals surface area contributed by atoms with Gasteiger partial charge in [-0.2, -0.15) is 0 Å². The first-order valence-corrected chi connectivity index (χ1v) is 8.46. The van der Waals surface area contributed by atoms with Gasteiger partial charge in [0.2, 0.25) is 6.10 Å². The van der Waals surface area contributed by atoms with Gasteiger partial charge in [-0.05, 0) is 30.7 Å². The largest absolute Gasteiger partial charge is 0.490 e. The van der Waals surface area contributed by atoms with Gasteiger partial charge >= 0.3 is 0 Å². The summed E-state index contributed by atoms with van der Waals surface area (Å²) in [6, 6.07) is 7.38. The van der Waals surface area contributed by atoms with Crippen molar-refractivity contribution in [3.8, 4) is 5.75 Å². The highest BCUT2D eigenvalue weighted by molar-refractivity contribution is 6.30. The number of ether oxygens (including phenoxy) is 1. The van der Waals surface area contributed by atoms with Crippen molar-refractivity contribution in [2.24, 2.45) is 5.16 Å². The third-order valence-corrected chi connectivity index (χ3v) is 4.54. The lowest BCUT2D eigenvalue weighted by atomic mass is 10.1. The average molecular weight is 337 g/mol. The smallest absolute Gasteiger partial charge is 0.266 e. The highest BCUT2D eigenvalue weighted by Crippen LogP contribution is 2.23. The van der Waals surface area contributed by atoms with Crippen LogP contribution in [0, 0.1) is 0 Å². The summed E-state index contributed by atoms with van der Waals surface area (Å²) in [5.41, 5.74) is 0.962. The van der Waals surface area contributed by atoms with E-state index in [4.69, 9.17) is 21.2 Å². The van der Waals surface area contributed by atoms with Crippen molar-refractivity contribution in [3.63, 3.8) is 0 Å². The molecule has 0 saturated carbocycles. The van der Waals surface area contributed by atoms with Crippen LogP contribution < -0.4 is 4.74 Å². The normalized spacial score (nSPS) is 21.7. The second kappa shape index (κ2) is 7.21. The fraction of sp³-hybridized carbons (Fsp3) is 0.529. The number of piperidine rings is 1. The molecule has 0 unspecified atom stereocenters. The number of hydrogen-bond donors (Lipinski definition) is 0. The molecular formula is C17H21ClN2O3. The Balaban J connectivity index is 1.47. The molecule has 1 aromatic carbocycles. The van der Waals surface area contributed by atoms with Crippen LogP contribution in [0.25, 0.3) is 0 Å². The van der Waals surface area contributed by atoms with Gasteiger partial charge in [-0.15, -0.1) is 0 Å². The van der Waals surface area contributed by atoms with E-state index in [1.165, 1.54) is 0 Å². The zero-order chi connectivity index (χ0) is 16.2. The second-order valence-electron chi connectivity index (χ2n) is 5.91. The molecule has 2 aliphatic rings. The van der Waals surface area contributed by atoms with Gasteiger partial charge < -0.3 is 14.5 Å². The van der Waals surface area contributed by atoms with Gasteiger partial charge in [-0.1, -0.05) is 23.7 Å². The lowest BCUT2D eigenvalue weighted by Crippen LogP contribution is -2.46. The third-order valence-electron chi connectivity index (χ3n) is 4.28. The Morgan fingerprint density at radius 2 is 2.04 bits per heavy atom. The molecule has 2 heterocycles. The number of nitrogens with zero attached hydrogens (tertiary/aromatic N) is 2. The van der Waals surface area contributed by atoms with Crippen LogP contribution in [-0.4, -0.2) is 41.8 Å². The molecule has 0 N–H and O–H groups in total. The summed E-state index contributed by atoms with van der Waals surface area (Å²) in [6.45, 7) is 3.41. The second-order valence-corrected chi connectivity index (χ2v) is 6.34. The third kappa shape index (κ3) is 3.96. The van der Waals surface area contributed by atoms with Crippen molar-refractivity contribution in [3.05, 3.63) is 29.3 Å². The molecule has 6 heteroatoms. The Labute approximate surface area is 141 Å². The van der Waals surface area contributed by atoms with E-state index in [9.17, 15) is 4.79 Å². The molecule has 124 valence electrons. The van der Waals surface area contributed by atoms with E-state index < -0.39 is 6.10 Å². The number of likely N-dealkylation sites (tertiary alicyclic amines) is 1. The Morgan fingerprint density at radius 3 is 2.65 bits per heavy atom. The number of carbonyl (C=O) groups is 1. The number of carbonyl (C=O) groups excluding carboxylic acids is 1. The van der Waals surface area contributed by atoms with Gasteiger partial charge in [0.05, 0.1) is 5.71 Å². The molecule has 1 saturated heterocycles. The first-order valence-electron chi connectivity index (χ1n) is 8.08. The standard InChI is InChI=1S/C17H21ClN2O3/c1-2-13-11-16(23-19-13)17(21)20-9-7-15(8-10-20)22-14-5-3-12(18)4-6-14/h3-6,15-16H,2,7-11H2,1H3/t16-/m0/s1. The Morgan fingerprint density at radius 1 is 1.35 bits per heavy atom. The number of oxime groups is 1. The molecule has 23 heavy (non-hydrogen) atoms. The monoisotopic (exact) mass is 336 g/mol. The van der Waals surface area contributed by atoms with Crippen LogP contribution in [0.2, 0.25) is 5.02 Å². The topological polar surface area (TPSA) is 51.1 Å². The molecule has 1 fully saturated rings. The average Bonchev–Trinajstić information content (AvgIpc) is 3.06. The van der Waals surface area contributed by atoms with Gasteiger partial charge in [0.1, 0.15) is 11.9 Å². The first-order chi connectivity index (χ1) is 11.2. The summed E-state index contributed by atoms with van der Waals surface area (Å²) in [5.74, 6) is 0.862. The number of amides is 1. The zero-order valence-electron chi connectivity index (χ0n) is 13.2. The molecule has 0 bridgehead atoms. The Kier molecular flexibility index (Phi) is 5.06. The number of rotatable bonds is 4. The molecule has 0 aromatic heterocycles. The van der Waals surface area contributed by atoms with E-state index in [-0.39, 0.29) is 12.0 Å². The maximum atomic E-state index is 12.4. The van der Waals surface area contributed by atoms with Crippen molar-refractivity contribution in [1.29, 1.82) is 0 Å². The van der Waals surface area contributed by atoms with Gasteiger partial charge in [0.25, 0.3) is 5.91 Å². The first kappa shape index (κ1) is 16.1. The lowest BCUT2D eigenvalue weighted by molar-refractivity contribution is -0.143. The fourth-order valence-electron chi connectivity index (χ4n) is 2.87. The van der Waals surface area contributed by atoms with Gasteiger partial charge in [0.15, 0.2) is 0 Å². The summed E-state index contributed by atoms with van der Waals surface area (Å²) in [7, 11) is 0. The molecule has 1 aromatic rings. The Bertz CT molecular complexity index is 580. The summed E-state index contributed by atoms with van der Waals surface area (Å²) >= 11 is 5.87. The molecular weight excluding hydrogens is 316 g/mol. The molecule has 0 spiro atoms. The van der Waals surface area contributed by atoms with Crippen LogP contribution in [-0.2, 0) is 9.63 Å². The molecule has 0 radical (unpaired) electrons. The predicted molar refractivity (Wildman–Crippen MR) is 88.9 cm³/mol. The van der Waals surface area contributed by atoms with Crippen molar-refractivity contribution in [2.45, 2.75) is 44.8 Å². The minimum absolute atomic E-state index is 0.0437. The molecule has 1 atom stereocenters. The SMILES string of the molecule is CCC1=NO[C@H](C(=O)N2CCC(Oc3ccc(Cl)cc3)CC2)C1. The molecule has 3 rings (SSSR count). The van der Waals surface area contributed by atoms with E-state index >= 15 is 0 Å². The minimum atomic E-state index is -0.432. The van der Waals surface area contributed by atoms with Gasteiger partial charge in [-0.25, -0.2) is 0 Å². The van der Waals surface area contributed by atoms with E-state index in [1.54, 1.807) is 0 Å². The van der Waals surface area contributed by atoms with Crippen molar-refractivity contribution in [1.82, 2.24) is 4.90 Å². The minimum Gasteiger partial charge on any atom is -0.490 e. The van der Waals surface area contributed by atoms with Crippen LogP contribution in [0.5, 0.6) is 5.75 Å². The number of halogens is 1.